The molecule has 116 valence electrons. The zero-order valence-electron chi connectivity index (χ0n) is 12.7. The summed E-state index contributed by atoms with van der Waals surface area (Å²) in [4.78, 5) is 24.3. The van der Waals surface area contributed by atoms with Crippen LogP contribution in [0.2, 0.25) is 0 Å². The zero-order valence-corrected chi connectivity index (χ0v) is 13.5. The van der Waals surface area contributed by atoms with Gasteiger partial charge in [-0.3, -0.25) is 4.79 Å². The molecule has 1 N–H and O–H groups in total. The van der Waals surface area contributed by atoms with Gasteiger partial charge in [-0.15, -0.1) is 11.3 Å². The summed E-state index contributed by atoms with van der Waals surface area (Å²) in [7, 11) is 0. The van der Waals surface area contributed by atoms with Gasteiger partial charge >= 0.3 is 5.97 Å². The summed E-state index contributed by atoms with van der Waals surface area (Å²) >= 11 is 1.51. The molecule has 0 atom stereocenters. The molecule has 0 saturated carbocycles. The second-order valence-corrected chi connectivity index (χ2v) is 6.26. The molecule has 0 bridgehead atoms. The summed E-state index contributed by atoms with van der Waals surface area (Å²) in [6, 6.07) is 11.2. The number of amides is 1. The minimum atomic E-state index is -0.475. The van der Waals surface area contributed by atoms with Gasteiger partial charge in [0.25, 0.3) is 0 Å². The fourth-order valence-electron chi connectivity index (χ4n) is 1.89. The minimum absolute atomic E-state index is 0.129. The largest absolute Gasteiger partial charge is 0.425 e. The quantitative estimate of drug-likeness (QED) is 0.658. The molecule has 5 heteroatoms. The van der Waals surface area contributed by atoms with Crippen molar-refractivity contribution in [1.29, 1.82) is 0 Å². The third-order valence-corrected chi connectivity index (χ3v) is 4.00. The van der Waals surface area contributed by atoms with Gasteiger partial charge in [0.15, 0.2) is 0 Å². The van der Waals surface area contributed by atoms with Crippen molar-refractivity contribution in [3.63, 3.8) is 0 Å². The molecular weight excluding hydrogens is 298 g/mol. The minimum Gasteiger partial charge on any atom is -0.425 e. The Bertz CT molecular complexity index is 618. The molecule has 1 amide bonds. The van der Waals surface area contributed by atoms with Crippen molar-refractivity contribution in [3.8, 4) is 5.75 Å². The first-order valence-electron chi connectivity index (χ1n) is 7.14. The lowest BCUT2D eigenvalue weighted by Gasteiger charge is -2.08. The van der Waals surface area contributed by atoms with Crippen LogP contribution < -0.4 is 10.1 Å². The Morgan fingerprint density at radius 2 is 1.91 bits per heavy atom. The van der Waals surface area contributed by atoms with Crippen LogP contribution in [0.15, 0.2) is 41.8 Å². The van der Waals surface area contributed by atoms with Crippen LogP contribution in [0.5, 0.6) is 5.75 Å². The number of carbonyl (C=O) groups excluding carboxylic acids is 2. The number of thiophene rings is 1. The molecule has 0 spiro atoms. The molecule has 1 heterocycles. The van der Waals surface area contributed by atoms with Crippen LogP contribution in [0.3, 0.4) is 0 Å². The zero-order chi connectivity index (χ0) is 15.9. The lowest BCUT2D eigenvalue weighted by atomic mass is 10.0. The Labute approximate surface area is 134 Å². The number of benzene rings is 1. The van der Waals surface area contributed by atoms with Gasteiger partial charge in [0.05, 0.1) is 6.42 Å². The number of nitrogens with one attached hydrogen (secondary N) is 1. The van der Waals surface area contributed by atoms with E-state index < -0.39 is 5.97 Å². The second-order valence-electron chi connectivity index (χ2n) is 5.23. The summed E-state index contributed by atoms with van der Waals surface area (Å²) < 4.78 is 5.18. The van der Waals surface area contributed by atoms with Gasteiger partial charge in [0.1, 0.15) is 12.3 Å². The van der Waals surface area contributed by atoms with Gasteiger partial charge in [-0.2, -0.15) is 0 Å². The van der Waals surface area contributed by atoms with Crippen molar-refractivity contribution in [2.45, 2.75) is 26.2 Å². The maximum Gasteiger partial charge on any atom is 0.330 e. The highest BCUT2D eigenvalue weighted by atomic mass is 32.1. The van der Waals surface area contributed by atoms with E-state index in [1.807, 2.05) is 29.6 Å². The monoisotopic (exact) mass is 317 g/mol. The van der Waals surface area contributed by atoms with E-state index in [9.17, 15) is 9.59 Å². The number of hydrogen-bond acceptors (Lipinski definition) is 4. The Kier molecular flexibility index (Phi) is 5.72. The summed E-state index contributed by atoms with van der Waals surface area (Å²) in [6.07, 6.45) is 0.286. The van der Waals surface area contributed by atoms with Gasteiger partial charge in [0, 0.05) is 4.88 Å². The molecule has 0 saturated heterocycles. The fraction of sp³-hybridized carbons (Fsp3) is 0.294. The first-order valence-corrected chi connectivity index (χ1v) is 8.02. The van der Waals surface area contributed by atoms with Gasteiger partial charge < -0.3 is 10.1 Å². The number of ether oxygens (including phenoxy) is 1. The predicted molar refractivity (Wildman–Crippen MR) is 87.2 cm³/mol. The number of esters is 1. The molecule has 1 aromatic carbocycles. The maximum atomic E-state index is 11.7. The fourth-order valence-corrected chi connectivity index (χ4v) is 2.60. The number of carbonyl (C=O) groups is 2. The van der Waals surface area contributed by atoms with Gasteiger partial charge in [-0.1, -0.05) is 32.0 Å². The van der Waals surface area contributed by atoms with Gasteiger partial charge in [-0.05, 0) is 35.1 Å². The van der Waals surface area contributed by atoms with E-state index in [-0.39, 0.29) is 18.9 Å². The van der Waals surface area contributed by atoms with E-state index in [4.69, 9.17) is 4.74 Å². The van der Waals surface area contributed by atoms with E-state index >= 15 is 0 Å². The molecule has 0 aliphatic rings. The Hall–Kier alpha value is -2.14. The van der Waals surface area contributed by atoms with E-state index in [0.717, 1.165) is 4.88 Å². The van der Waals surface area contributed by atoms with Crippen molar-refractivity contribution in [2.75, 3.05) is 6.54 Å². The molecule has 0 aliphatic heterocycles. The molecule has 0 unspecified atom stereocenters. The van der Waals surface area contributed by atoms with E-state index in [0.29, 0.717) is 11.7 Å². The van der Waals surface area contributed by atoms with Gasteiger partial charge in [-0.25, -0.2) is 4.79 Å². The molecule has 0 radical (unpaired) electrons. The summed E-state index contributed by atoms with van der Waals surface area (Å²) in [5.74, 6) is 0.259. The summed E-state index contributed by atoms with van der Waals surface area (Å²) in [5, 5.41) is 4.48. The van der Waals surface area contributed by atoms with Crippen LogP contribution >= 0.6 is 11.3 Å². The molecular formula is C17H19NO3S. The van der Waals surface area contributed by atoms with Crippen molar-refractivity contribution >= 4 is 23.2 Å². The van der Waals surface area contributed by atoms with Crippen LogP contribution in [0.25, 0.3) is 0 Å². The Balaban J connectivity index is 1.76. The first kappa shape index (κ1) is 16.2. The Morgan fingerprint density at radius 3 is 2.50 bits per heavy atom. The van der Waals surface area contributed by atoms with Crippen molar-refractivity contribution in [1.82, 2.24) is 5.32 Å². The molecule has 2 rings (SSSR count). The molecule has 1 aromatic heterocycles. The predicted octanol–water partition coefficient (Wildman–Crippen LogP) is 3.14. The standard InChI is InChI=1S/C17H19NO3S/c1-12(2)13-5-7-14(8-6-13)21-17(20)11-18-16(19)10-15-4-3-9-22-15/h3-9,12H,10-11H2,1-2H3,(H,18,19). The first-order chi connectivity index (χ1) is 10.5. The number of rotatable bonds is 6. The Morgan fingerprint density at radius 1 is 1.18 bits per heavy atom. The summed E-state index contributed by atoms with van der Waals surface area (Å²) in [5.41, 5.74) is 1.18. The normalized spacial score (nSPS) is 10.5. The van der Waals surface area contributed by atoms with Crippen LogP contribution in [-0.4, -0.2) is 18.4 Å². The molecule has 4 nitrogen and oxygen atoms in total. The van der Waals surface area contributed by atoms with Crippen LogP contribution in [0.4, 0.5) is 0 Å². The average molecular weight is 317 g/mol. The molecule has 0 fully saturated rings. The van der Waals surface area contributed by atoms with Crippen LogP contribution in [-0.2, 0) is 16.0 Å². The van der Waals surface area contributed by atoms with Crippen molar-refractivity contribution < 1.29 is 14.3 Å². The van der Waals surface area contributed by atoms with E-state index in [2.05, 4.69) is 19.2 Å². The van der Waals surface area contributed by atoms with Crippen molar-refractivity contribution in [3.05, 3.63) is 52.2 Å². The van der Waals surface area contributed by atoms with E-state index in [1.165, 1.54) is 16.9 Å². The highest BCUT2D eigenvalue weighted by Crippen LogP contribution is 2.18. The molecule has 0 aliphatic carbocycles. The smallest absolute Gasteiger partial charge is 0.330 e. The molecule has 2 aromatic rings. The van der Waals surface area contributed by atoms with Gasteiger partial charge in [0.2, 0.25) is 5.91 Å². The lowest BCUT2D eigenvalue weighted by molar-refractivity contribution is -0.135. The second kappa shape index (κ2) is 7.75. The van der Waals surface area contributed by atoms with Crippen molar-refractivity contribution in [2.24, 2.45) is 0 Å². The highest BCUT2D eigenvalue weighted by molar-refractivity contribution is 7.10. The van der Waals surface area contributed by atoms with E-state index in [1.54, 1.807) is 12.1 Å². The molecule has 22 heavy (non-hydrogen) atoms. The average Bonchev–Trinajstić information content (AvgIpc) is 2.98. The maximum absolute atomic E-state index is 11.7. The van der Waals surface area contributed by atoms with Crippen LogP contribution in [0, 0.1) is 0 Å². The highest BCUT2D eigenvalue weighted by Gasteiger charge is 2.09. The number of hydrogen-bond donors (Lipinski definition) is 1. The third kappa shape index (κ3) is 5.00. The SMILES string of the molecule is CC(C)c1ccc(OC(=O)CNC(=O)Cc2cccs2)cc1. The van der Waals surface area contributed by atoms with Crippen LogP contribution in [0.1, 0.15) is 30.2 Å². The topological polar surface area (TPSA) is 55.4 Å². The third-order valence-electron chi connectivity index (χ3n) is 3.12. The summed E-state index contributed by atoms with van der Waals surface area (Å²) in [6.45, 7) is 4.07. The lowest BCUT2D eigenvalue weighted by Crippen LogP contribution is -2.32.